The van der Waals surface area contributed by atoms with Gasteiger partial charge in [0, 0.05) is 31.0 Å². The zero-order valence-electron chi connectivity index (χ0n) is 15.3. The number of benzene rings is 1. The van der Waals surface area contributed by atoms with Crippen LogP contribution in [-0.4, -0.2) is 36.3 Å². The molecule has 1 amide bonds. The van der Waals surface area contributed by atoms with Gasteiger partial charge in [0.05, 0.1) is 22.0 Å². The lowest BCUT2D eigenvalue weighted by Crippen LogP contribution is -2.25. The average molecular weight is 422 g/mol. The number of anilines is 1. The largest absolute Gasteiger partial charge is 0.309 e. The molecule has 1 unspecified atom stereocenters. The van der Waals surface area contributed by atoms with Gasteiger partial charge in [-0.25, -0.2) is 13.4 Å². The Bertz CT molecular complexity index is 995. The van der Waals surface area contributed by atoms with Crippen LogP contribution in [0, 0.1) is 5.92 Å². The highest BCUT2D eigenvalue weighted by atomic mass is 35.5. The van der Waals surface area contributed by atoms with E-state index in [4.69, 9.17) is 11.6 Å². The smallest absolute Gasteiger partial charge is 0.233 e. The normalized spacial score (nSPS) is 18.1. The number of nitrogens with one attached hydrogen (secondary N) is 1. The number of hydrogen-bond acceptors (Lipinski definition) is 6. The van der Waals surface area contributed by atoms with Crippen molar-refractivity contribution in [2.24, 2.45) is 5.92 Å². The van der Waals surface area contributed by atoms with Gasteiger partial charge in [-0.15, -0.1) is 0 Å². The number of ketones is 1. The van der Waals surface area contributed by atoms with Gasteiger partial charge in [0.2, 0.25) is 5.91 Å². The highest BCUT2D eigenvalue weighted by Crippen LogP contribution is 2.35. The van der Waals surface area contributed by atoms with Crippen molar-refractivity contribution >= 4 is 38.9 Å². The van der Waals surface area contributed by atoms with Crippen LogP contribution in [0.25, 0.3) is 0 Å². The van der Waals surface area contributed by atoms with E-state index in [2.05, 4.69) is 15.3 Å². The first-order chi connectivity index (χ1) is 13.3. The average Bonchev–Trinajstić information content (AvgIpc) is 3.04. The van der Waals surface area contributed by atoms with E-state index in [1.807, 2.05) is 0 Å². The number of aromatic nitrogens is 2. The zero-order chi connectivity index (χ0) is 20.3. The van der Waals surface area contributed by atoms with Gasteiger partial charge in [-0.2, -0.15) is 0 Å². The third-order valence-corrected chi connectivity index (χ3v) is 6.42. The molecule has 3 rings (SSSR count). The Labute approximate surface area is 168 Å². The molecular formula is C19H20ClN3O4S. The second-order valence-corrected chi connectivity index (χ2v) is 9.28. The number of Topliss-reactive ketones (excluding diaryl/α,β-unsaturated/α-hetero) is 1. The predicted octanol–water partition coefficient (Wildman–Crippen LogP) is 3.02. The first-order valence-corrected chi connectivity index (χ1v) is 11.1. The van der Waals surface area contributed by atoms with Crippen molar-refractivity contribution in [1.29, 1.82) is 0 Å². The van der Waals surface area contributed by atoms with Gasteiger partial charge in [-0.3, -0.25) is 14.6 Å². The fourth-order valence-electron chi connectivity index (χ4n) is 3.43. The first kappa shape index (κ1) is 20.4. The van der Waals surface area contributed by atoms with E-state index in [0.717, 1.165) is 19.1 Å². The number of rotatable bonds is 6. The van der Waals surface area contributed by atoms with Crippen molar-refractivity contribution in [2.75, 3.05) is 11.6 Å². The van der Waals surface area contributed by atoms with Crippen molar-refractivity contribution in [3.63, 3.8) is 0 Å². The van der Waals surface area contributed by atoms with E-state index in [1.165, 1.54) is 30.7 Å². The summed E-state index contributed by atoms with van der Waals surface area (Å²) in [5, 5.41) is 2.76. The van der Waals surface area contributed by atoms with Crippen LogP contribution in [0.2, 0.25) is 5.02 Å². The molecule has 7 nitrogen and oxygen atoms in total. The van der Waals surface area contributed by atoms with Crippen LogP contribution < -0.4 is 5.32 Å². The molecule has 28 heavy (non-hydrogen) atoms. The minimum atomic E-state index is -3.48. The molecule has 2 aromatic rings. The standard InChI is InChI=1S/C19H20ClN3O4S/c1-28(26,27)17-6-5-12(10-15(17)20)14(9-13-3-2-4-16(13)24)19(25)23-18-11-21-7-8-22-18/h5-8,10-11,13-14H,2-4,9H2,1H3,(H,22,23,25)/t13?,14-/m0/s1. The minimum Gasteiger partial charge on any atom is -0.309 e. The van der Waals surface area contributed by atoms with E-state index in [1.54, 1.807) is 6.07 Å². The molecular weight excluding hydrogens is 402 g/mol. The van der Waals surface area contributed by atoms with Crippen LogP contribution in [0.15, 0.2) is 41.7 Å². The summed E-state index contributed by atoms with van der Waals surface area (Å²) in [6.45, 7) is 0. The van der Waals surface area contributed by atoms with Crippen molar-refractivity contribution in [3.8, 4) is 0 Å². The minimum absolute atomic E-state index is 0.00273. The first-order valence-electron chi connectivity index (χ1n) is 8.85. The molecule has 1 aliphatic rings. The molecule has 0 aliphatic heterocycles. The fourth-order valence-corrected chi connectivity index (χ4v) is 4.77. The monoisotopic (exact) mass is 421 g/mol. The third kappa shape index (κ3) is 4.74. The number of hydrogen-bond donors (Lipinski definition) is 1. The Balaban J connectivity index is 1.92. The highest BCUT2D eigenvalue weighted by molar-refractivity contribution is 7.90. The second-order valence-electron chi connectivity index (χ2n) is 6.89. The summed E-state index contributed by atoms with van der Waals surface area (Å²) < 4.78 is 23.6. The lowest BCUT2D eigenvalue weighted by atomic mass is 9.87. The van der Waals surface area contributed by atoms with Crippen LogP contribution >= 0.6 is 11.6 Å². The summed E-state index contributed by atoms with van der Waals surface area (Å²) >= 11 is 6.17. The SMILES string of the molecule is CS(=O)(=O)c1ccc([C@H](CC2CCCC2=O)C(=O)Nc2cnccn2)cc1Cl. The van der Waals surface area contributed by atoms with Gasteiger partial charge in [0.25, 0.3) is 0 Å². The highest BCUT2D eigenvalue weighted by Gasteiger charge is 2.32. The van der Waals surface area contributed by atoms with Gasteiger partial charge in [-0.05, 0) is 37.0 Å². The summed E-state index contributed by atoms with van der Waals surface area (Å²) in [6, 6.07) is 4.45. The van der Waals surface area contributed by atoms with Crippen LogP contribution in [0.5, 0.6) is 0 Å². The number of halogens is 1. The van der Waals surface area contributed by atoms with E-state index in [9.17, 15) is 18.0 Å². The van der Waals surface area contributed by atoms with Crippen molar-refractivity contribution in [2.45, 2.75) is 36.5 Å². The molecule has 9 heteroatoms. The summed E-state index contributed by atoms with van der Waals surface area (Å²) in [5.74, 6) is -0.764. The summed E-state index contributed by atoms with van der Waals surface area (Å²) in [5.41, 5.74) is 0.554. The molecule has 148 valence electrons. The second kappa shape index (κ2) is 8.36. The quantitative estimate of drug-likeness (QED) is 0.768. The summed E-state index contributed by atoms with van der Waals surface area (Å²) in [7, 11) is -3.48. The zero-order valence-corrected chi connectivity index (χ0v) is 16.8. The molecule has 1 aromatic carbocycles. The molecule has 1 fully saturated rings. The van der Waals surface area contributed by atoms with Gasteiger partial charge in [0.1, 0.15) is 5.78 Å². The Kier molecular flexibility index (Phi) is 6.10. The van der Waals surface area contributed by atoms with Crippen LogP contribution in [0.4, 0.5) is 5.82 Å². The van der Waals surface area contributed by atoms with Crippen molar-refractivity contribution in [3.05, 3.63) is 47.4 Å². The van der Waals surface area contributed by atoms with Gasteiger partial charge in [-0.1, -0.05) is 17.7 Å². The molecule has 0 spiro atoms. The maximum atomic E-state index is 12.9. The Morgan fingerprint density at radius 3 is 2.71 bits per heavy atom. The van der Waals surface area contributed by atoms with Crippen molar-refractivity contribution in [1.82, 2.24) is 9.97 Å². The van der Waals surface area contributed by atoms with Gasteiger partial charge >= 0.3 is 0 Å². The van der Waals surface area contributed by atoms with Crippen LogP contribution in [-0.2, 0) is 19.4 Å². The Morgan fingerprint density at radius 2 is 2.14 bits per heavy atom. The van der Waals surface area contributed by atoms with E-state index < -0.39 is 15.8 Å². The molecule has 1 aromatic heterocycles. The van der Waals surface area contributed by atoms with Crippen LogP contribution in [0.3, 0.4) is 0 Å². The predicted molar refractivity (Wildman–Crippen MR) is 105 cm³/mol. The molecule has 1 aliphatic carbocycles. The number of carbonyl (C=O) groups excluding carboxylic acids is 2. The lowest BCUT2D eigenvalue weighted by Gasteiger charge is -2.20. The molecule has 1 N–H and O–H groups in total. The number of nitrogens with zero attached hydrogens (tertiary/aromatic N) is 2. The van der Waals surface area contributed by atoms with Gasteiger partial charge in [0.15, 0.2) is 15.7 Å². The number of amides is 1. The lowest BCUT2D eigenvalue weighted by molar-refractivity contribution is -0.121. The number of sulfone groups is 1. The van der Waals surface area contributed by atoms with E-state index >= 15 is 0 Å². The van der Waals surface area contributed by atoms with Gasteiger partial charge < -0.3 is 5.32 Å². The summed E-state index contributed by atoms with van der Waals surface area (Å²) in [6.07, 6.45) is 7.87. The van der Waals surface area contributed by atoms with Crippen molar-refractivity contribution < 1.29 is 18.0 Å². The molecule has 1 heterocycles. The maximum absolute atomic E-state index is 12.9. The van der Waals surface area contributed by atoms with E-state index in [-0.39, 0.29) is 27.5 Å². The summed E-state index contributed by atoms with van der Waals surface area (Å²) in [4.78, 5) is 33.0. The van der Waals surface area contributed by atoms with E-state index in [0.29, 0.717) is 24.2 Å². The topological polar surface area (TPSA) is 106 Å². The van der Waals surface area contributed by atoms with Crippen LogP contribution in [0.1, 0.15) is 37.2 Å². The number of carbonyl (C=O) groups is 2. The molecule has 1 saturated carbocycles. The molecule has 0 radical (unpaired) electrons. The Morgan fingerprint density at radius 1 is 1.36 bits per heavy atom. The fraction of sp³-hybridized carbons (Fsp3) is 0.368. The molecule has 0 saturated heterocycles. The third-order valence-electron chi connectivity index (χ3n) is 4.84. The Hall–Kier alpha value is -2.32. The molecule has 2 atom stereocenters. The molecule has 0 bridgehead atoms. The maximum Gasteiger partial charge on any atom is 0.233 e.